The van der Waals surface area contributed by atoms with E-state index in [-0.39, 0.29) is 12.1 Å². The monoisotopic (exact) mass is 205 g/mol. The van der Waals surface area contributed by atoms with Gasteiger partial charge in [0.1, 0.15) is 0 Å². The molecule has 0 aromatic heterocycles. The van der Waals surface area contributed by atoms with Gasteiger partial charge in [-0.25, -0.2) is 0 Å². The van der Waals surface area contributed by atoms with Crippen molar-refractivity contribution in [2.24, 2.45) is 0 Å². The van der Waals surface area contributed by atoms with Gasteiger partial charge in [0.2, 0.25) is 0 Å². The van der Waals surface area contributed by atoms with Crippen LogP contribution in [0.3, 0.4) is 0 Å². The molecule has 2 rings (SSSR count). The Morgan fingerprint density at radius 2 is 2.00 bits per heavy atom. The summed E-state index contributed by atoms with van der Waals surface area (Å²) in [5.41, 5.74) is 1.28. The van der Waals surface area contributed by atoms with E-state index in [1.807, 2.05) is 6.07 Å². The van der Waals surface area contributed by atoms with Crippen molar-refractivity contribution in [2.75, 3.05) is 6.61 Å². The van der Waals surface area contributed by atoms with Crippen LogP contribution in [0.4, 0.5) is 0 Å². The van der Waals surface area contributed by atoms with Crippen molar-refractivity contribution in [1.29, 1.82) is 0 Å². The Bertz CT molecular complexity index is 300. The molecule has 0 heterocycles. The van der Waals surface area contributed by atoms with E-state index in [2.05, 4.69) is 36.5 Å². The largest absolute Gasteiger partial charge is 0.394 e. The molecule has 1 fully saturated rings. The van der Waals surface area contributed by atoms with Gasteiger partial charge in [0.05, 0.1) is 6.61 Å². The zero-order valence-electron chi connectivity index (χ0n) is 9.24. The predicted octanol–water partition coefficient (Wildman–Crippen LogP) is 2.25. The molecule has 82 valence electrons. The van der Waals surface area contributed by atoms with Crippen molar-refractivity contribution in [1.82, 2.24) is 5.32 Å². The Morgan fingerprint density at radius 1 is 1.33 bits per heavy atom. The summed E-state index contributed by atoms with van der Waals surface area (Å²) in [6.45, 7) is 2.41. The molecule has 0 radical (unpaired) electrons. The van der Waals surface area contributed by atoms with E-state index in [1.54, 1.807) is 0 Å². The summed E-state index contributed by atoms with van der Waals surface area (Å²) in [4.78, 5) is 0. The molecule has 1 aliphatic carbocycles. The van der Waals surface area contributed by atoms with E-state index in [0.29, 0.717) is 6.04 Å². The van der Waals surface area contributed by atoms with Crippen molar-refractivity contribution in [2.45, 2.75) is 37.8 Å². The van der Waals surface area contributed by atoms with Crippen molar-refractivity contribution >= 4 is 0 Å². The minimum Gasteiger partial charge on any atom is -0.394 e. The normalized spacial score (nSPS) is 20.7. The molecule has 0 saturated heterocycles. The number of rotatable bonds is 4. The number of hydrogen-bond acceptors (Lipinski definition) is 2. The van der Waals surface area contributed by atoms with Gasteiger partial charge in [-0.05, 0) is 31.7 Å². The average Bonchev–Trinajstić information content (AvgIpc) is 2.24. The molecule has 1 aliphatic rings. The van der Waals surface area contributed by atoms with Gasteiger partial charge in [0.15, 0.2) is 0 Å². The maximum atomic E-state index is 9.37. The number of nitrogens with one attached hydrogen (secondary N) is 1. The van der Waals surface area contributed by atoms with Crippen molar-refractivity contribution < 1.29 is 5.11 Å². The maximum Gasteiger partial charge on any atom is 0.0613 e. The van der Waals surface area contributed by atoms with Crippen LogP contribution in [0.25, 0.3) is 0 Å². The standard InChI is InChI=1S/C13H19NO/c1-11(12-6-3-2-4-7-12)14-13(10-15)8-5-9-13/h2-4,6-7,11,14-15H,5,8-10H2,1H3. The smallest absolute Gasteiger partial charge is 0.0613 e. The number of aliphatic hydroxyl groups is 1. The van der Waals surface area contributed by atoms with E-state index < -0.39 is 0 Å². The SMILES string of the molecule is CC(NC1(CO)CCC1)c1ccccc1. The van der Waals surface area contributed by atoms with Gasteiger partial charge in [-0.2, -0.15) is 0 Å². The van der Waals surface area contributed by atoms with Crippen LogP contribution in [-0.4, -0.2) is 17.3 Å². The second-order valence-corrected chi connectivity index (χ2v) is 4.57. The molecule has 0 aliphatic heterocycles. The van der Waals surface area contributed by atoms with Gasteiger partial charge >= 0.3 is 0 Å². The van der Waals surface area contributed by atoms with Gasteiger partial charge in [-0.1, -0.05) is 30.3 Å². The summed E-state index contributed by atoms with van der Waals surface area (Å²) < 4.78 is 0. The first kappa shape index (κ1) is 10.7. The molecule has 1 aromatic carbocycles. The zero-order chi connectivity index (χ0) is 10.7. The van der Waals surface area contributed by atoms with Crippen LogP contribution in [0.15, 0.2) is 30.3 Å². The molecular weight excluding hydrogens is 186 g/mol. The fourth-order valence-corrected chi connectivity index (χ4v) is 2.24. The summed E-state index contributed by atoms with van der Waals surface area (Å²) in [5.74, 6) is 0. The average molecular weight is 205 g/mol. The molecule has 2 nitrogen and oxygen atoms in total. The number of hydrogen-bond donors (Lipinski definition) is 2. The molecule has 1 aromatic rings. The van der Waals surface area contributed by atoms with Crippen molar-refractivity contribution in [3.8, 4) is 0 Å². The molecule has 1 atom stereocenters. The van der Waals surface area contributed by atoms with Gasteiger partial charge in [-0.15, -0.1) is 0 Å². The highest BCUT2D eigenvalue weighted by molar-refractivity contribution is 5.19. The second kappa shape index (κ2) is 4.33. The van der Waals surface area contributed by atoms with Crippen LogP contribution in [0, 0.1) is 0 Å². The first-order valence-electron chi connectivity index (χ1n) is 5.69. The third kappa shape index (κ3) is 2.21. The van der Waals surface area contributed by atoms with E-state index in [0.717, 1.165) is 12.8 Å². The number of aliphatic hydroxyl groups excluding tert-OH is 1. The molecule has 15 heavy (non-hydrogen) atoms. The Hall–Kier alpha value is -0.860. The third-order valence-corrected chi connectivity index (χ3v) is 3.44. The lowest BCUT2D eigenvalue weighted by Gasteiger charge is -2.43. The Kier molecular flexibility index (Phi) is 3.08. The van der Waals surface area contributed by atoms with Gasteiger partial charge in [0.25, 0.3) is 0 Å². The van der Waals surface area contributed by atoms with E-state index >= 15 is 0 Å². The predicted molar refractivity (Wildman–Crippen MR) is 61.7 cm³/mol. The number of benzene rings is 1. The zero-order valence-corrected chi connectivity index (χ0v) is 9.24. The van der Waals surface area contributed by atoms with Crippen LogP contribution < -0.4 is 5.32 Å². The summed E-state index contributed by atoms with van der Waals surface area (Å²) >= 11 is 0. The van der Waals surface area contributed by atoms with Crippen molar-refractivity contribution in [3.63, 3.8) is 0 Å². The van der Waals surface area contributed by atoms with E-state index in [1.165, 1.54) is 12.0 Å². The second-order valence-electron chi connectivity index (χ2n) is 4.57. The molecule has 1 unspecified atom stereocenters. The summed E-state index contributed by atoms with van der Waals surface area (Å²) in [6.07, 6.45) is 3.43. The minimum atomic E-state index is -0.00470. The fraction of sp³-hybridized carbons (Fsp3) is 0.538. The topological polar surface area (TPSA) is 32.3 Å². The fourth-order valence-electron chi connectivity index (χ4n) is 2.24. The van der Waals surface area contributed by atoms with Crippen LogP contribution in [0.1, 0.15) is 37.8 Å². The molecule has 2 heteroatoms. The van der Waals surface area contributed by atoms with Gasteiger partial charge in [0, 0.05) is 11.6 Å². The van der Waals surface area contributed by atoms with Crippen LogP contribution in [-0.2, 0) is 0 Å². The first-order valence-corrected chi connectivity index (χ1v) is 5.69. The van der Waals surface area contributed by atoms with E-state index in [9.17, 15) is 5.11 Å². The maximum absolute atomic E-state index is 9.37. The lowest BCUT2D eigenvalue weighted by molar-refractivity contribution is 0.0787. The quantitative estimate of drug-likeness (QED) is 0.790. The van der Waals surface area contributed by atoms with Gasteiger partial charge < -0.3 is 10.4 Å². The van der Waals surface area contributed by atoms with E-state index in [4.69, 9.17) is 0 Å². The lowest BCUT2D eigenvalue weighted by Crippen LogP contribution is -2.54. The molecule has 2 N–H and O–H groups in total. The Morgan fingerprint density at radius 3 is 2.47 bits per heavy atom. The Balaban J connectivity index is 2.00. The highest BCUT2D eigenvalue weighted by Gasteiger charge is 2.37. The summed E-state index contributed by atoms with van der Waals surface area (Å²) in [6, 6.07) is 10.7. The molecule has 1 saturated carbocycles. The lowest BCUT2D eigenvalue weighted by atomic mass is 9.76. The molecule has 0 spiro atoms. The van der Waals surface area contributed by atoms with Crippen LogP contribution >= 0.6 is 0 Å². The third-order valence-electron chi connectivity index (χ3n) is 3.44. The molecule has 0 bridgehead atoms. The highest BCUT2D eigenvalue weighted by Crippen LogP contribution is 2.33. The summed E-state index contributed by atoms with van der Waals surface area (Å²) in [5, 5.41) is 12.9. The Labute approximate surface area is 91.3 Å². The minimum absolute atomic E-state index is 0.00470. The molecule has 0 amide bonds. The summed E-state index contributed by atoms with van der Waals surface area (Å²) in [7, 11) is 0. The van der Waals surface area contributed by atoms with Crippen molar-refractivity contribution in [3.05, 3.63) is 35.9 Å². The highest BCUT2D eigenvalue weighted by atomic mass is 16.3. The van der Waals surface area contributed by atoms with Crippen LogP contribution in [0.5, 0.6) is 0 Å². The first-order chi connectivity index (χ1) is 7.26. The van der Waals surface area contributed by atoms with Crippen LogP contribution in [0.2, 0.25) is 0 Å². The molecular formula is C13H19NO. The van der Waals surface area contributed by atoms with Gasteiger partial charge in [-0.3, -0.25) is 0 Å².